The first-order valence-corrected chi connectivity index (χ1v) is 15.7. The highest BCUT2D eigenvalue weighted by Gasteiger charge is 2.38. The summed E-state index contributed by atoms with van der Waals surface area (Å²) in [5.41, 5.74) is 2.09. The van der Waals surface area contributed by atoms with E-state index in [0.29, 0.717) is 62.9 Å². The third-order valence-corrected chi connectivity index (χ3v) is 9.56. The molecule has 3 aliphatic rings. The van der Waals surface area contributed by atoms with Gasteiger partial charge in [0.15, 0.2) is 0 Å². The molecule has 0 unspecified atom stereocenters. The number of aliphatic hydroxyl groups is 1. The van der Waals surface area contributed by atoms with Crippen LogP contribution < -0.4 is 10.2 Å². The van der Waals surface area contributed by atoms with Gasteiger partial charge in [-0.15, -0.1) is 0 Å². The maximum absolute atomic E-state index is 15.5. The second-order valence-corrected chi connectivity index (χ2v) is 12.7. The molecule has 10 heteroatoms. The first-order valence-electron chi connectivity index (χ1n) is 15.7. The molecular formula is C34H40F2N4O4. The number of fused-ring (bicyclic) bond motifs is 2. The summed E-state index contributed by atoms with van der Waals surface area (Å²) in [6.45, 7) is 6.84. The van der Waals surface area contributed by atoms with Gasteiger partial charge in [-0.1, -0.05) is 26.0 Å². The number of pyridine rings is 1. The Morgan fingerprint density at radius 3 is 2.59 bits per heavy atom. The zero-order valence-electron chi connectivity index (χ0n) is 25.3. The molecule has 44 heavy (non-hydrogen) atoms. The topological polar surface area (TPSA) is 95.0 Å². The molecule has 0 radical (unpaired) electrons. The Morgan fingerprint density at radius 2 is 1.91 bits per heavy atom. The zero-order valence-corrected chi connectivity index (χ0v) is 25.3. The number of ether oxygens (including phenoxy) is 1. The van der Waals surface area contributed by atoms with Crippen LogP contribution in [0.25, 0.3) is 10.9 Å². The largest absolute Gasteiger partial charge is 0.447 e. The number of anilines is 1. The average molecular weight is 607 g/mol. The quantitative estimate of drug-likeness (QED) is 0.352. The predicted molar refractivity (Wildman–Crippen MR) is 164 cm³/mol. The van der Waals surface area contributed by atoms with E-state index in [9.17, 15) is 14.7 Å². The van der Waals surface area contributed by atoms with Crippen molar-refractivity contribution in [1.29, 1.82) is 0 Å². The molecule has 2 saturated heterocycles. The number of aryl methyl sites for hydroxylation is 1. The molecule has 2 aromatic carbocycles. The zero-order chi connectivity index (χ0) is 31.0. The number of carbonyl (C=O) groups excluding carboxylic acids is 2. The minimum absolute atomic E-state index is 0.148. The van der Waals surface area contributed by atoms with Crippen molar-refractivity contribution in [2.24, 2.45) is 5.92 Å². The summed E-state index contributed by atoms with van der Waals surface area (Å²) in [5.74, 6) is -1.15. The van der Waals surface area contributed by atoms with Gasteiger partial charge in [-0.05, 0) is 79.5 Å². The number of cyclic esters (lactones) is 1. The first-order chi connectivity index (χ1) is 21.1. The van der Waals surface area contributed by atoms with E-state index in [1.807, 2.05) is 38.1 Å². The maximum Gasteiger partial charge on any atom is 0.414 e. The molecule has 0 saturated carbocycles. The molecule has 2 N–H and O–H groups in total. The number of hydrogen-bond acceptors (Lipinski definition) is 6. The van der Waals surface area contributed by atoms with E-state index in [-0.39, 0.29) is 41.7 Å². The van der Waals surface area contributed by atoms with Crippen molar-refractivity contribution in [3.8, 4) is 0 Å². The van der Waals surface area contributed by atoms with Gasteiger partial charge in [-0.2, -0.15) is 0 Å². The molecular weight excluding hydrogens is 566 g/mol. The summed E-state index contributed by atoms with van der Waals surface area (Å²) in [5, 5.41) is 13.5. The van der Waals surface area contributed by atoms with Gasteiger partial charge in [0.2, 0.25) is 0 Å². The van der Waals surface area contributed by atoms with Crippen LogP contribution in [0.1, 0.15) is 72.8 Å². The highest BCUT2D eigenvalue weighted by molar-refractivity contribution is 5.98. The van der Waals surface area contributed by atoms with Crippen molar-refractivity contribution in [3.63, 3.8) is 0 Å². The lowest BCUT2D eigenvalue weighted by atomic mass is 9.77. The van der Waals surface area contributed by atoms with Crippen LogP contribution in [0.15, 0.2) is 42.5 Å². The minimum atomic E-state index is -1.33. The van der Waals surface area contributed by atoms with Gasteiger partial charge < -0.3 is 20.1 Å². The van der Waals surface area contributed by atoms with Crippen molar-refractivity contribution < 1.29 is 28.2 Å². The van der Waals surface area contributed by atoms with Crippen LogP contribution in [0.3, 0.4) is 0 Å². The van der Waals surface area contributed by atoms with Crippen LogP contribution in [0.4, 0.5) is 19.3 Å². The lowest BCUT2D eigenvalue weighted by Gasteiger charge is -2.34. The fourth-order valence-corrected chi connectivity index (χ4v) is 6.58. The third-order valence-electron chi connectivity index (χ3n) is 9.56. The molecule has 2 aliphatic heterocycles. The summed E-state index contributed by atoms with van der Waals surface area (Å²) in [6.07, 6.45) is 2.41. The highest BCUT2D eigenvalue weighted by Crippen LogP contribution is 2.38. The predicted octanol–water partition coefficient (Wildman–Crippen LogP) is 5.50. The number of halogens is 2. The standard InChI is InChI=1S/C34H40F2N4O4/c1-21(2)34(36)11-7-29-25(20-34)18-23-17-24(19-28(35)31(23)37-29)32(42)38-30(10-14-39-12-8-27(41)9-13-39)22-3-5-26(6-4-22)40-15-16-44-33(40)43/h3-6,17-19,21,27,30,41H,7-16,20H2,1-2H3,(H,38,42)/t30-,34+/m1/s1. The van der Waals surface area contributed by atoms with Gasteiger partial charge in [0.25, 0.3) is 5.91 Å². The number of likely N-dealkylation sites (tertiary alicyclic amines) is 1. The normalized spacial score (nSPS) is 21.9. The second-order valence-electron chi connectivity index (χ2n) is 12.7. The van der Waals surface area contributed by atoms with E-state index in [2.05, 4.69) is 15.2 Å². The van der Waals surface area contributed by atoms with Crippen molar-refractivity contribution in [2.75, 3.05) is 37.7 Å². The molecule has 1 aromatic heterocycles. The smallest absolute Gasteiger partial charge is 0.414 e. The molecule has 0 bridgehead atoms. The monoisotopic (exact) mass is 606 g/mol. The Balaban J connectivity index is 1.24. The van der Waals surface area contributed by atoms with Crippen LogP contribution in [0.2, 0.25) is 0 Å². The number of alkyl halides is 1. The summed E-state index contributed by atoms with van der Waals surface area (Å²) in [4.78, 5) is 34.1. The minimum Gasteiger partial charge on any atom is -0.447 e. The molecule has 2 atom stereocenters. The van der Waals surface area contributed by atoms with Crippen molar-refractivity contribution in [2.45, 2.75) is 70.2 Å². The SMILES string of the molecule is CC(C)[C@]1(F)CCc2nc3c(F)cc(C(=O)N[C@H](CCN4CCC(O)CC4)c4ccc(N5CCOC5=O)cc4)cc3cc2C1. The molecule has 3 heterocycles. The molecule has 6 rings (SSSR count). The third kappa shape index (κ3) is 6.28. The first kappa shape index (κ1) is 30.4. The van der Waals surface area contributed by atoms with Crippen molar-refractivity contribution in [1.82, 2.24) is 15.2 Å². The highest BCUT2D eigenvalue weighted by atomic mass is 19.1. The Morgan fingerprint density at radius 1 is 1.16 bits per heavy atom. The van der Waals surface area contributed by atoms with Gasteiger partial charge in [0.05, 0.1) is 18.7 Å². The average Bonchev–Trinajstić information content (AvgIpc) is 3.44. The van der Waals surface area contributed by atoms with Crippen molar-refractivity contribution in [3.05, 3.63) is 70.7 Å². The van der Waals surface area contributed by atoms with Crippen LogP contribution >= 0.6 is 0 Å². The van der Waals surface area contributed by atoms with Gasteiger partial charge >= 0.3 is 6.09 Å². The molecule has 234 valence electrons. The number of hydrogen-bond donors (Lipinski definition) is 2. The number of amides is 2. The van der Waals surface area contributed by atoms with Crippen LogP contribution in [0.5, 0.6) is 0 Å². The summed E-state index contributed by atoms with van der Waals surface area (Å²) >= 11 is 0. The van der Waals surface area contributed by atoms with Gasteiger partial charge in [-0.25, -0.2) is 18.6 Å². The Hall–Kier alpha value is -3.63. The van der Waals surface area contributed by atoms with E-state index in [0.717, 1.165) is 29.9 Å². The van der Waals surface area contributed by atoms with Gasteiger partial charge in [-0.3, -0.25) is 9.69 Å². The number of piperidine rings is 1. The van der Waals surface area contributed by atoms with Crippen LogP contribution in [-0.4, -0.2) is 71.5 Å². The maximum atomic E-state index is 15.5. The van der Waals surface area contributed by atoms with E-state index in [1.165, 1.54) is 6.07 Å². The van der Waals surface area contributed by atoms with E-state index < -0.39 is 17.4 Å². The molecule has 1 aliphatic carbocycles. The number of carbonyl (C=O) groups is 2. The molecule has 2 fully saturated rings. The van der Waals surface area contributed by atoms with E-state index >= 15 is 8.78 Å². The van der Waals surface area contributed by atoms with Crippen LogP contribution in [-0.2, 0) is 17.6 Å². The number of aliphatic hydroxyl groups excluding tert-OH is 1. The van der Waals surface area contributed by atoms with Gasteiger partial charge in [0.1, 0.15) is 23.6 Å². The number of benzene rings is 2. The lowest BCUT2D eigenvalue weighted by molar-refractivity contribution is 0.0795. The van der Waals surface area contributed by atoms with E-state index in [4.69, 9.17) is 4.74 Å². The fourth-order valence-electron chi connectivity index (χ4n) is 6.58. The number of rotatable bonds is 8. The second kappa shape index (κ2) is 12.4. The Labute approximate surface area is 256 Å². The Bertz CT molecular complexity index is 1540. The lowest BCUT2D eigenvalue weighted by Crippen LogP contribution is -2.38. The molecule has 3 aromatic rings. The van der Waals surface area contributed by atoms with E-state index in [1.54, 1.807) is 17.0 Å². The number of aromatic nitrogens is 1. The number of nitrogens with one attached hydrogen (secondary N) is 1. The van der Waals surface area contributed by atoms with Crippen LogP contribution in [0, 0.1) is 11.7 Å². The van der Waals surface area contributed by atoms with Gasteiger partial charge in [0, 0.05) is 48.4 Å². The number of nitrogens with zero attached hydrogens (tertiary/aromatic N) is 3. The Kier molecular flexibility index (Phi) is 8.57. The summed E-state index contributed by atoms with van der Waals surface area (Å²) in [7, 11) is 0. The van der Waals surface area contributed by atoms with Crippen molar-refractivity contribution >= 4 is 28.6 Å². The molecule has 2 amide bonds. The molecule has 0 spiro atoms. The molecule has 8 nitrogen and oxygen atoms in total. The summed E-state index contributed by atoms with van der Waals surface area (Å²) in [6, 6.07) is 11.7. The summed E-state index contributed by atoms with van der Waals surface area (Å²) < 4.78 is 36.0. The fraction of sp³-hybridized carbons (Fsp3) is 0.500.